The van der Waals surface area contributed by atoms with Crippen molar-refractivity contribution in [2.75, 3.05) is 18.0 Å². The van der Waals surface area contributed by atoms with Gasteiger partial charge in [-0.15, -0.1) is 0 Å². The minimum atomic E-state index is 0.514. The Morgan fingerprint density at radius 2 is 2.28 bits per heavy atom. The second kappa shape index (κ2) is 4.39. The van der Waals surface area contributed by atoms with Crippen molar-refractivity contribution in [2.24, 2.45) is 5.92 Å². The van der Waals surface area contributed by atoms with Crippen LogP contribution >= 0.6 is 11.6 Å². The van der Waals surface area contributed by atoms with Crippen LogP contribution in [0.4, 0.5) is 5.82 Å². The van der Waals surface area contributed by atoms with Gasteiger partial charge >= 0.3 is 0 Å². The first-order valence-corrected chi connectivity index (χ1v) is 6.69. The quantitative estimate of drug-likeness (QED) is 0.796. The van der Waals surface area contributed by atoms with Crippen molar-refractivity contribution in [3.8, 4) is 0 Å². The molecule has 1 fully saturated rings. The molecule has 6 heteroatoms. The zero-order valence-corrected chi connectivity index (χ0v) is 11.4. The largest absolute Gasteiger partial charge is 0.356 e. The Morgan fingerprint density at radius 3 is 2.94 bits per heavy atom. The molecule has 0 radical (unpaired) electrons. The summed E-state index contributed by atoms with van der Waals surface area (Å²) in [6.07, 6.45) is 4.18. The zero-order valence-electron chi connectivity index (χ0n) is 10.6. The van der Waals surface area contributed by atoms with Gasteiger partial charge in [-0.05, 0) is 32.6 Å². The SMILES string of the molecule is CCN(CC1CC1)c1c(C)c(Cl)nc2ncnn12. The molecule has 0 bridgehead atoms. The third-order valence-electron chi connectivity index (χ3n) is 3.43. The second-order valence-electron chi connectivity index (χ2n) is 4.81. The Morgan fingerprint density at radius 1 is 1.50 bits per heavy atom. The van der Waals surface area contributed by atoms with Gasteiger partial charge in [0.25, 0.3) is 5.78 Å². The summed E-state index contributed by atoms with van der Waals surface area (Å²) in [6, 6.07) is 0. The van der Waals surface area contributed by atoms with Crippen LogP contribution in [0.3, 0.4) is 0 Å². The van der Waals surface area contributed by atoms with Crippen LogP contribution in [0, 0.1) is 12.8 Å². The highest BCUT2D eigenvalue weighted by molar-refractivity contribution is 6.30. The Kier molecular flexibility index (Phi) is 2.86. The van der Waals surface area contributed by atoms with Gasteiger partial charge in [-0.2, -0.15) is 19.6 Å². The maximum Gasteiger partial charge on any atom is 0.255 e. The highest BCUT2D eigenvalue weighted by Gasteiger charge is 2.26. The van der Waals surface area contributed by atoms with Crippen LogP contribution in [0.15, 0.2) is 6.33 Å². The summed E-state index contributed by atoms with van der Waals surface area (Å²) in [7, 11) is 0. The smallest absolute Gasteiger partial charge is 0.255 e. The predicted octanol–water partition coefficient (Wildman–Crippen LogP) is 2.32. The lowest BCUT2D eigenvalue weighted by Gasteiger charge is -2.25. The Bertz CT molecular complexity index is 575. The van der Waals surface area contributed by atoms with E-state index in [4.69, 9.17) is 11.6 Å². The monoisotopic (exact) mass is 265 g/mol. The fraction of sp³-hybridized carbons (Fsp3) is 0.583. The van der Waals surface area contributed by atoms with Crippen LogP contribution in [-0.2, 0) is 0 Å². The fourth-order valence-corrected chi connectivity index (χ4v) is 2.39. The average molecular weight is 266 g/mol. The summed E-state index contributed by atoms with van der Waals surface area (Å²) in [6.45, 7) is 6.14. The molecule has 96 valence electrons. The molecule has 1 saturated carbocycles. The topological polar surface area (TPSA) is 46.3 Å². The summed E-state index contributed by atoms with van der Waals surface area (Å²) < 4.78 is 1.78. The minimum absolute atomic E-state index is 0.514. The molecule has 0 aliphatic heterocycles. The number of aromatic nitrogens is 4. The molecule has 0 amide bonds. The van der Waals surface area contributed by atoms with Crippen molar-refractivity contribution in [3.05, 3.63) is 17.0 Å². The number of rotatable bonds is 4. The molecule has 0 saturated heterocycles. The molecule has 3 rings (SSSR count). The van der Waals surface area contributed by atoms with Gasteiger partial charge in [-0.3, -0.25) is 0 Å². The van der Waals surface area contributed by atoms with E-state index in [2.05, 4.69) is 26.9 Å². The van der Waals surface area contributed by atoms with Crippen LogP contribution in [-0.4, -0.2) is 32.7 Å². The van der Waals surface area contributed by atoms with Crippen molar-refractivity contribution in [2.45, 2.75) is 26.7 Å². The predicted molar refractivity (Wildman–Crippen MR) is 71.1 cm³/mol. The van der Waals surface area contributed by atoms with Crippen LogP contribution in [0.1, 0.15) is 25.3 Å². The van der Waals surface area contributed by atoms with Crippen LogP contribution in [0.2, 0.25) is 5.15 Å². The van der Waals surface area contributed by atoms with Gasteiger partial charge in [-0.1, -0.05) is 11.6 Å². The van der Waals surface area contributed by atoms with Crippen molar-refractivity contribution in [1.82, 2.24) is 19.6 Å². The first kappa shape index (κ1) is 11.7. The van der Waals surface area contributed by atoms with Crippen LogP contribution in [0.25, 0.3) is 5.78 Å². The molecule has 2 aromatic heterocycles. The molecular weight excluding hydrogens is 250 g/mol. The van der Waals surface area contributed by atoms with E-state index < -0.39 is 0 Å². The first-order valence-electron chi connectivity index (χ1n) is 6.31. The lowest BCUT2D eigenvalue weighted by Crippen LogP contribution is -2.28. The second-order valence-corrected chi connectivity index (χ2v) is 5.16. The van der Waals surface area contributed by atoms with E-state index in [1.54, 1.807) is 4.52 Å². The van der Waals surface area contributed by atoms with E-state index >= 15 is 0 Å². The molecule has 2 aromatic rings. The summed E-state index contributed by atoms with van der Waals surface area (Å²) in [4.78, 5) is 10.7. The third kappa shape index (κ3) is 1.92. The third-order valence-corrected chi connectivity index (χ3v) is 3.80. The first-order chi connectivity index (χ1) is 8.70. The van der Waals surface area contributed by atoms with Gasteiger partial charge in [-0.25, -0.2) is 0 Å². The Hall–Kier alpha value is -1.36. The van der Waals surface area contributed by atoms with E-state index in [1.807, 2.05) is 6.92 Å². The van der Waals surface area contributed by atoms with Gasteiger partial charge in [0.2, 0.25) is 0 Å². The van der Waals surface area contributed by atoms with Crippen LogP contribution in [0.5, 0.6) is 0 Å². The lowest BCUT2D eigenvalue weighted by molar-refractivity contribution is 0.711. The number of fused-ring (bicyclic) bond motifs is 1. The normalized spacial score (nSPS) is 15.3. The standard InChI is InChI=1S/C12H16ClN5/c1-3-17(6-9-4-5-9)11-8(2)10(13)16-12-14-7-15-18(11)12/h7,9H,3-6H2,1-2H3. The molecular formula is C12H16ClN5. The maximum atomic E-state index is 6.18. The van der Waals surface area contributed by atoms with Crippen molar-refractivity contribution in [1.29, 1.82) is 0 Å². The fourth-order valence-electron chi connectivity index (χ4n) is 2.23. The molecule has 1 aliphatic carbocycles. The molecule has 0 aromatic carbocycles. The number of nitrogens with zero attached hydrogens (tertiary/aromatic N) is 5. The molecule has 1 aliphatic rings. The Labute approximate surface area is 111 Å². The summed E-state index contributed by atoms with van der Waals surface area (Å²) in [5, 5.41) is 4.77. The maximum absolute atomic E-state index is 6.18. The van der Waals surface area contributed by atoms with Gasteiger partial charge in [0.15, 0.2) is 0 Å². The molecule has 0 spiro atoms. The summed E-state index contributed by atoms with van der Waals surface area (Å²) in [5.41, 5.74) is 0.970. The van der Waals surface area contributed by atoms with Gasteiger partial charge in [0.1, 0.15) is 17.3 Å². The van der Waals surface area contributed by atoms with E-state index in [-0.39, 0.29) is 0 Å². The van der Waals surface area contributed by atoms with E-state index in [1.165, 1.54) is 19.2 Å². The summed E-state index contributed by atoms with van der Waals surface area (Å²) in [5.74, 6) is 2.40. The van der Waals surface area contributed by atoms with Gasteiger partial charge < -0.3 is 4.90 Å². The molecule has 0 atom stereocenters. The Balaban J connectivity index is 2.11. The minimum Gasteiger partial charge on any atom is -0.356 e. The molecule has 18 heavy (non-hydrogen) atoms. The number of halogens is 1. The van der Waals surface area contributed by atoms with Gasteiger partial charge in [0, 0.05) is 18.7 Å². The molecule has 0 N–H and O–H groups in total. The number of anilines is 1. The highest BCUT2D eigenvalue weighted by Crippen LogP contribution is 2.33. The highest BCUT2D eigenvalue weighted by atomic mass is 35.5. The van der Waals surface area contributed by atoms with Crippen molar-refractivity contribution in [3.63, 3.8) is 0 Å². The number of hydrogen-bond acceptors (Lipinski definition) is 4. The van der Waals surface area contributed by atoms with E-state index in [0.717, 1.165) is 30.4 Å². The van der Waals surface area contributed by atoms with E-state index in [9.17, 15) is 0 Å². The number of hydrogen-bond donors (Lipinski definition) is 0. The average Bonchev–Trinajstić information content (AvgIpc) is 3.06. The van der Waals surface area contributed by atoms with Crippen molar-refractivity contribution < 1.29 is 0 Å². The molecule has 5 nitrogen and oxygen atoms in total. The van der Waals surface area contributed by atoms with Crippen LogP contribution < -0.4 is 4.90 Å². The molecule has 2 heterocycles. The van der Waals surface area contributed by atoms with Gasteiger partial charge in [0.05, 0.1) is 0 Å². The summed E-state index contributed by atoms with van der Waals surface area (Å²) >= 11 is 6.18. The lowest BCUT2D eigenvalue weighted by atomic mass is 10.3. The van der Waals surface area contributed by atoms with E-state index in [0.29, 0.717) is 10.9 Å². The molecule has 0 unspecified atom stereocenters. The zero-order chi connectivity index (χ0) is 12.7. The van der Waals surface area contributed by atoms with Crippen molar-refractivity contribution >= 4 is 23.2 Å².